The van der Waals surface area contributed by atoms with Gasteiger partial charge in [0.25, 0.3) is 5.56 Å². The fraction of sp³-hybridized carbons (Fsp3) is 0.0952. The van der Waals surface area contributed by atoms with Gasteiger partial charge in [-0.15, -0.1) is 0 Å². The molecule has 1 unspecified atom stereocenters. The predicted octanol–water partition coefficient (Wildman–Crippen LogP) is 3.99. The lowest BCUT2D eigenvalue weighted by molar-refractivity contribution is 0.0322. The van der Waals surface area contributed by atoms with Crippen LogP contribution in [-0.4, -0.2) is 15.9 Å². The number of H-pyrrole nitrogens is 1. The number of aromatic nitrogens is 2. The summed E-state index contributed by atoms with van der Waals surface area (Å²) in [6.45, 7) is 1.69. The molecule has 0 saturated carbocycles. The lowest BCUT2D eigenvalue weighted by Gasteiger charge is -2.14. The Kier molecular flexibility index (Phi) is 3.97. The topological polar surface area (TPSA) is 72.0 Å². The van der Waals surface area contributed by atoms with Crippen LogP contribution in [0.2, 0.25) is 0 Å². The van der Waals surface area contributed by atoms with Gasteiger partial charge in [0, 0.05) is 0 Å². The minimum absolute atomic E-state index is 0.251. The number of carbonyl (C=O) groups excluding carboxylic acids is 1. The van der Waals surface area contributed by atoms with Gasteiger partial charge in [-0.2, -0.15) is 0 Å². The maximum absolute atomic E-state index is 12.6. The summed E-state index contributed by atoms with van der Waals surface area (Å²) in [5.74, 6) is -0.132. The van der Waals surface area contributed by atoms with Gasteiger partial charge in [-0.05, 0) is 35.9 Å². The Morgan fingerprint density at radius 2 is 1.65 bits per heavy atom. The largest absolute Gasteiger partial charge is 0.451 e. The molecule has 1 heterocycles. The summed E-state index contributed by atoms with van der Waals surface area (Å²) in [6, 6.07) is 20.2. The first kappa shape index (κ1) is 16.0. The van der Waals surface area contributed by atoms with Crippen molar-refractivity contribution in [2.24, 2.45) is 0 Å². The van der Waals surface area contributed by atoms with Crippen LogP contribution in [-0.2, 0) is 4.74 Å². The highest BCUT2D eigenvalue weighted by atomic mass is 16.5. The summed E-state index contributed by atoms with van der Waals surface area (Å²) in [6.07, 6.45) is -0.682. The van der Waals surface area contributed by atoms with Gasteiger partial charge in [0.05, 0.1) is 16.5 Å². The predicted molar refractivity (Wildman–Crippen MR) is 100 cm³/mol. The Morgan fingerprint density at radius 3 is 2.50 bits per heavy atom. The first-order chi connectivity index (χ1) is 12.6. The number of aromatic amines is 1. The number of benzene rings is 3. The molecule has 5 nitrogen and oxygen atoms in total. The van der Waals surface area contributed by atoms with Gasteiger partial charge >= 0.3 is 5.97 Å². The van der Waals surface area contributed by atoms with Gasteiger partial charge in [0.2, 0.25) is 0 Å². The average molecular weight is 344 g/mol. The molecular formula is C21H16N2O3. The van der Waals surface area contributed by atoms with E-state index in [1.165, 1.54) is 0 Å². The fourth-order valence-corrected chi connectivity index (χ4v) is 2.98. The highest BCUT2D eigenvalue weighted by Crippen LogP contribution is 2.22. The molecule has 5 heteroatoms. The van der Waals surface area contributed by atoms with E-state index in [2.05, 4.69) is 9.97 Å². The summed E-state index contributed by atoms with van der Waals surface area (Å²) in [5.41, 5.74) is 0.802. The van der Waals surface area contributed by atoms with Crippen molar-refractivity contribution in [3.8, 4) is 0 Å². The molecule has 4 rings (SSSR count). The molecule has 0 saturated heterocycles. The molecule has 0 aliphatic heterocycles. The third kappa shape index (κ3) is 2.84. The summed E-state index contributed by atoms with van der Waals surface area (Å²) in [7, 11) is 0. The normalized spacial score (nSPS) is 12.2. The van der Waals surface area contributed by atoms with Crippen LogP contribution in [0.1, 0.15) is 29.2 Å². The summed E-state index contributed by atoms with van der Waals surface area (Å²) in [4.78, 5) is 32.0. The number of carbonyl (C=O) groups is 1. The van der Waals surface area contributed by atoms with Crippen LogP contribution in [0.15, 0.2) is 71.5 Å². The van der Waals surface area contributed by atoms with Crippen molar-refractivity contribution in [1.29, 1.82) is 0 Å². The number of esters is 1. The van der Waals surface area contributed by atoms with Crippen molar-refractivity contribution in [3.05, 3.63) is 88.5 Å². The van der Waals surface area contributed by atoms with Crippen LogP contribution in [0.3, 0.4) is 0 Å². The zero-order chi connectivity index (χ0) is 18.1. The molecule has 1 N–H and O–H groups in total. The highest BCUT2D eigenvalue weighted by Gasteiger charge is 2.18. The zero-order valence-corrected chi connectivity index (χ0v) is 14.1. The molecule has 0 bridgehead atoms. The Bertz CT molecular complexity index is 1180. The summed E-state index contributed by atoms with van der Waals surface area (Å²) >= 11 is 0. The molecule has 3 aromatic carbocycles. The van der Waals surface area contributed by atoms with E-state index in [0.29, 0.717) is 22.3 Å². The second-order valence-corrected chi connectivity index (χ2v) is 6.04. The summed E-state index contributed by atoms with van der Waals surface area (Å²) in [5, 5.41) is 2.29. The quantitative estimate of drug-likeness (QED) is 0.570. The number of rotatable bonds is 3. The van der Waals surface area contributed by atoms with E-state index < -0.39 is 12.1 Å². The van der Waals surface area contributed by atoms with Crippen LogP contribution in [0.5, 0.6) is 0 Å². The Morgan fingerprint density at radius 1 is 0.962 bits per heavy atom. The maximum Gasteiger partial charge on any atom is 0.339 e. The van der Waals surface area contributed by atoms with Crippen LogP contribution < -0.4 is 5.56 Å². The molecular weight excluding hydrogens is 328 g/mol. The first-order valence-corrected chi connectivity index (χ1v) is 8.31. The van der Waals surface area contributed by atoms with E-state index in [9.17, 15) is 9.59 Å². The molecule has 26 heavy (non-hydrogen) atoms. The lowest BCUT2D eigenvalue weighted by Crippen LogP contribution is -2.17. The molecule has 1 atom stereocenters. The molecule has 1 aromatic heterocycles. The van der Waals surface area contributed by atoms with Crippen molar-refractivity contribution in [3.63, 3.8) is 0 Å². The van der Waals surface area contributed by atoms with Gasteiger partial charge < -0.3 is 9.72 Å². The number of para-hydroxylation sites is 1. The lowest BCUT2D eigenvalue weighted by atomic mass is 10.0. The Labute approximate surface area is 149 Å². The van der Waals surface area contributed by atoms with Gasteiger partial charge in [-0.3, -0.25) is 4.79 Å². The summed E-state index contributed by atoms with van der Waals surface area (Å²) < 4.78 is 5.56. The van der Waals surface area contributed by atoms with Crippen LogP contribution in [0.25, 0.3) is 21.7 Å². The minimum Gasteiger partial charge on any atom is -0.451 e. The molecule has 0 amide bonds. The average Bonchev–Trinajstić information content (AvgIpc) is 2.67. The van der Waals surface area contributed by atoms with Gasteiger partial charge in [-0.25, -0.2) is 9.78 Å². The number of nitrogens with zero attached hydrogens (tertiary/aromatic N) is 1. The number of ether oxygens (including phenoxy) is 1. The van der Waals surface area contributed by atoms with E-state index in [0.717, 1.165) is 10.8 Å². The number of nitrogens with one attached hydrogen (secondary N) is 1. The zero-order valence-electron chi connectivity index (χ0n) is 14.1. The highest BCUT2D eigenvalue weighted by molar-refractivity contribution is 6.04. The van der Waals surface area contributed by atoms with Crippen LogP contribution in [0.4, 0.5) is 0 Å². The van der Waals surface area contributed by atoms with Gasteiger partial charge in [-0.1, -0.05) is 48.5 Å². The van der Waals surface area contributed by atoms with Crippen LogP contribution in [0, 0.1) is 0 Å². The van der Waals surface area contributed by atoms with Crippen molar-refractivity contribution < 1.29 is 9.53 Å². The second kappa shape index (κ2) is 6.44. The van der Waals surface area contributed by atoms with Gasteiger partial charge in [0.1, 0.15) is 0 Å². The molecule has 0 aliphatic carbocycles. The number of hydrogen-bond donors (Lipinski definition) is 1. The molecule has 0 aliphatic rings. The van der Waals surface area contributed by atoms with E-state index in [4.69, 9.17) is 4.74 Å². The third-order valence-corrected chi connectivity index (χ3v) is 4.31. The van der Waals surface area contributed by atoms with Crippen molar-refractivity contribution in [1.82, 2.24) is 9.97 Å². The van der Waals surface area contributed by atoms with Crippen molar-refractivity contribution >= 4 is 27.6 Å². The standard InChI is InChI=1S/C21H16N2O3/c1-13(19-22-18-12-5-4-10-17(18)20(24)23-19)26-21(25)16-11-6-8-14-7-2-3-9-15(14)16/h2-13H,1H3,(H,22,23,24). The fourth-order valence-electron chi connectivity index (χ4n) is 2.98. The van der Waals surface area contributed by atoms with E-state index in [-0.39, 0.29) is 5.56 Å². The minimum atomic E-state index is -0.682. The SMILES string of the molecule is CC(OC(=O)c1cccc2ccccc12)c1nc2ccccc2c(=O)[nH]1. The van der Waals surface area contributed by atoms with E-state index >= 15 is 0 Å². The molecule has 0 spiro atoms. The smallest absolute Gasteiger partial charge is 0.339 e. The van der Waals surface area contributed by atoms with Crippen molar-refractivity contribution in [2.45, 2.75) is 13.0 Å². The third-order valence-electron chi connectivity index (χ3n) is 4.31. The van der Waals surface area contributed by atoms with E-state index in [1.807, 2.05) is 42.5 Å². The second-order valence-electron chi connectivity index (χ2n) is 6.04. The first-order valence-electron chi connectivity index (χ1n) is 8.31. The Balaban J connectivity index is 1.66. The Hall–Kier alpha value is -3.47. The molecule has 0 radical (unpaired) electrons. The van der Waals surface area contributed by atoms with Crippen molar-refractivity contribution in [2.75, 3.05) is 0 Å². The molecule has 4 aromatic rings. The monoisotopic (exact) mass is 344 g/mol. The van der Waals surface area contributed by atoms with E-state index in [1.54, 1.807) is 31.2 Å². The number of fused-ring (bicyclic) bond motifs is 2. The maximum atomic E-state index is 12.6. The molecule has 128 valence electrons. The van der Waals surface area contributed by atoms with Crippen LogP contribution >= 0.6 is 0 Å². The molecule has 0 fully saturated rings. The number of hydrogen-bond acceptors (Lipinski definition) is 4. The van der Waals surface area contributed by atoms with Gasteiger partial charge in [0.15, 0.2) is 11.9 Å².